The van der Waals surface area contributed by atoms with Gasteiger partial charge in [0.25, 0.3) is 0 Å². The standard InChI is InChI=1S/C21H30N2O4/c1-3-23-15-21(9-8-19(23)24)10-12-22(13-11-21)14-17-6-4-5-7-18(17)27-16(2)20(25)26/h4-7,16H,3,8-15H2,1-2H3,(H,25,26). The fraction of sp³-hybridized carbons (Fsp3) is 0.619. The van der Waals surface area contributed by atoms with E-state index in [4.69, 9.17) is 9.84 Å². The number of rotatable bonds is 6. The minimum absolute atomic E-state index is 0.272. The molecule has 1 aromatic rings. The van der Waals surface area contributed by atoms with Gasteiger partial charge in [-0.3, -0.25) is 9.69 Å². The summed E-state index contributed by atoms with van der Waals surface area (Å²) in [6.07, 6.45) is 3.02. The molecule has 1 atom stereocenters. The van der Waals surface area contributed by atoms with E-state index in [1.165, 1.54) is 0 Å². The Hall–Kier alpha value is -2.08. The highest BCUT2D eigenvalue weighted by molar-refractivity contribution is 5.77. The molecule has 148 valence electrons. The van der Waals surface area contributed by atoms with Crippen LogP contribution in [0.5, 0.6) is 5.75 Å². The van der Waals surface area contributed by atoms with Crippen LogP contribution in [0.15, 0.2) is 24.3 Å². The van der Waals surface area contributed by atoms with Crippen LogP contribution in [0.4, 0.5) is 0 Å². The maximum Gasteiger partial charge on any atom is 0.344 e. The fourth-order valence-corrected chi connectivity index (χ4v) is 4.22. The SMILES string of the molecule is CCN1CC2(CCC1=O)CCN(Cc1ccccc1OC(C)C(=O)O)CC2. The van der Waals surface area contributed by atoms with Gasteiger partial charge in [0, 0.05) is 31.6 Å². The fourth-order valence-electron chi connectivity index (χ4n) is 4.22. The first-order valence-corrected chi connectivity index (χ1v) is 9.90. The van der Waals surface area contributed by atoms with Gasteiger partial charge in [-0.15, -0.1) is 0 Å². The second-order valence-electron chi connectivity index (χ2n) is 7.89. The molecule has 27 heavy (non-hydrogen) atoms. The number of hydrogen-bond donors (Lipinski definition) is 1. The lowest BCUT2D eigenvalue weighted by atomic mass is 9.72. The van der Waals surface area contributed by atoms with E-state index in [0.29, 0.717) is 18.1 Å². The van der Waals surface area contributed by atoms with Crippen LogP contribution in [0.2, 0.25) is 0 Å². The number of para-hydroxylation sites is 1. The van der Waals surface area contributed by atoms with E-state index in [9.17, 15) is 9.59 Å². The maximum absolute atomic E-state index is 12.0. The average Bonchev–Trinajstić information content (AvgIpc) is 2.67. The Balaban J connectivity index is 1.60. The molecule has 0 aromatic heterocycles. The minimum atomic E-state index is -0.961. The number of amides is 1. The van der Waals surface area contributed by atoms with E-state index < -0.39 is 12.1 Å². The van der Waals surface area contributed by atoms with Crippen LogP contribution in [-0.4, -0.2) is 59.1 Å². The lowest BCUT2D eigenvalue weighted by Gasteiger charge is -2.47. The van der Waals surface area contributed by atoms with Crippen molar-refractivity contribution >= 4 is 11.9 Å². The molecule has 1 spiro atoms. The Labute approximate surface area is 161 Å². The van der Waals surface area contributed by atoms with Crippen molar-refractivity contribution in [1.29, 1.82) is 0 Å². The molecule has 1 amide bonds. The van der Waals surface area contributed by atoms with Crippen molar-refractivity contribution < 1.29 is 19.4 Å². The van der Waals surface area contributed by atoms with Gasteiger partial charge in [0.2, 0.25) is 5.91 Å². The van der Waals surface area contributed by atoms with Crippen molar-refractivity contribution in [3.8, 4) is 5.75 Å². The Morgan fingerprint density at radius 1 is 1.26 bits per heavy atom. The summed E-state index contributed by atoms with van der Waals surface area (Å²) in [6, 6.07) is 7.68. The number of carbonyl (C=O) groups is 2. The summed E-state index contributed by atoms with van der Waals surface area (Å²) in [5.41, 5.74) is 1.30. The van der Waals surface area contributed by atoms with E-state index in [1.807, 2.05) is 29.2 Å². The number of carboxylic acids is 1. The first-order chi connectivity index (χ1) is 12.9. The molecule has 0 bridgehead atoms. The van der Waals surface area contributed by atoms with Gasteiger partial charge in [-0.25, -0.2) is 4.79 Å². The second kappa shape index (κ2) is 8.30. The normalized spacial score (nSPS) is 21.3. The summed E-state index contributed by atoms with van der Waals surface area (Å²) in [5, 5.41) is 9.09. The molecule has 2 fully saturated rings. The smallest absolute Gasteiger partial charge is 0.344 e. The number of ether oxygens (including phenoxy) is 1. The van der Waals surface area contributed by atoms with Gasteiger partial charge in [-0.1, -0.05) is 18.2 Å². The molecule has 0 aliphatic carbocycles. The average molecular weight is 374 g/mol. The number of carbonyl (C=O) groups excluding carboxylic acids is 1. The second-order valence-corrected chi connectivity index (χ2v) is 7.89. The molecule has 3 rings (SSSR count). The van der Waals surface area contributed by atoms with Crippen molar-refractivity contribution in [2.75, 3.05) is 26.2 Å². The van der Waals surface area contributed by atoms with E-state index in [0.717, 1.165) is 57.5 Å². The lowest BCUT2D eigenvalue weighted by Crippen LogP contribution is -2.51. The molecule has 1 unspecified atom stereocenters. The van der Waals surface area contributed by atoms with E-state index in [-0.39, 0.29) is 5.41 Å². The van der Waals surface area contributed by atoms with Crippen LogP contribution in [0.1, 0.15) is 45.1 Å². The van der Waals surface area contributed by atoms with Gasteiger partial charge < -0.3 is 14.7 Å². The molecule has 2 heterocycles. The predicted octanol–water partition coefficient (Wildman–Crippen LogP) is 2.76. The van der Waals surface area contributed by atoms with Crippen molar-refractivity contribution in [3.63, 3.8) is 0 Å². The summed E-state index contributed by atoms with van der Waals surface area (Å²) >= 11 is 0. The number of piperidine rings is 2. The van der Waals surface area contributed by atoms with Crippen LogP contribution in [0.3, 0.4) is 0 Å². The number of likely N-dealkylation sites (tertiary alicyclic amines) is 2. The minimum Gasteiger partial charge on any atom is -0.479 e. The van der Waals surface area contributed by atoms with E-state index >= 15 is 0 Å². The van der Waals surface area contributed by atoms with Crippen molar-refractivity contribution in [2.45, 2.75) is 52.2 Å². The monoisotopic (exact) mass is 374 g/mol. The Morgan fingerprint density at radius 3 is 2.63 bits per heavy atom. The number of carboxylic acid groups (broad SMARTS) is 1. The third kappa shape index (κ3) is 4.61. The zero-order valence-corrected chi connectivity index (χ0v) is 16.3. The maximum atomic E-state index is 12.0. The van der Waals surface area contributed by atoms with Crippen LogP contribution in [0.25, 0.3) is 0 Å². The number of hydrogen-bond acceptors (Lipinski definition) is 4. The zero-order chi connectivity index (χ0) is 19.4. The molecular weight excluding hydrogens is 344 g/mol. The molecule has 0 saturated carbocycles. The Bertz CT molecular complexity index is 683. The predicted molar refractivity (Wildman–Crippen MR) is 103 cm³/mol. The van der Waals surface area contributed by atoms with Crippen molar-refractivity contribution in [3.05, 3.63) is 29.8 Å². The van der Waals surface area contributed by atoms with Crippen molar-refractivity contribution in [1.82, 2.24) is 9.80 Å². The summed E-state index contributed by atoms with van der Waals surface area (Å²) in [6.45, 7) is 8.05. The van der Waals surface area contributed by atoms with Gasteiger partial charge in [0.15, 0.2) is 6.10 Å². The topological polar surface area (TPSA) is 70.1 Å². The van der Waals surface area contributed by atoms with Crippen LogP contribution >= 0.6 is 0 Å². The zero-order valence-electron chi connectivity index (χ0n) is 16.3. The number of aliphatic carboxylic acids is 1. The molecule has 2 saturated heterocycles. The van der Waals surface area contributed by atoms with Crippen LogP contribution in [-0.2, 0) is 16.1 Å². The molecule has 2 aliphatic rings. The summed E-state index contributed by atoms with van der Waals surface area (Å²) in [5.74, 6) is -0.0191. The quantitative estimate of drug-likeness (QED) is 0.829. The van der Waals surface area contributed by atoms with E-state index in [1.54, 1.807) is 6.92 Å². The van der Waals surface area contributed by atoms with Crippen LogP contribution in [0, 0.1) is 5.41 Å². The molecular formula is C21H30N2O4. The number of nitrogens with zero attached hydrogens (tertiary/aromatic N) is 2. The third-order valence-corrected chi connectivity index (χ3v) is 6.06. The lowest BCUT2D eigenvalue weighted by molar-refractivity contribution is -0.144. The molecule has 6 heteroatoms. The summed E-state index contributed by atoms with van der Waals surface area (Å²) < 4.78 is 5.63. The van der Waals surface area contributed by atoms with Gasteiger partial charge in [-0.05, 0) is 57.7 Å². The van der Waals surface area contributed by atoms with Gasteiger partial charge >= 0.3 is 5.97 Å². The summed E-state index contributed by atoms with van der Waals surface area (Å²) in [7, 11) is 0. The highest BCUT2D eigenvalue weighted by Crippen LogP contribution is 2.40. The highest BCUT2D eigenvalue weighted by atomic mass is 16.5. The molecule has 6 nitrogen and oxygen atoms in total. The third-order valence-electron chi connectivity index (χ3n) is 6.06. The number of benzene rings is 1. The molecule has 1 N–H and O–H groups in total. The molecule has 0 radical (unpaired) electrons. The van der Waals surface area contributed by atoms with Gasteiger partial charge in [0.1, 0.15) is 5.75 Å². The summed E-state index contributed by atoms with van der Waals surface area (Å²) in [4.78, 5) is 27.5. The van der Waals surface area contributed by atoms with Crippen LogP contribution < -0.4 is 4.74 Å². The largest absolute Gasteiger partial charge is 0.479 e. The van der Waals surface area contributed by atoms with E-state index in [2.05, 4.69) is 11.8 Å². The molecule has 2 aliphatic heterocycles. The van der Waals surface area contributed by atoms with Crippen molar-refractivity contribution in [2.24, 2.45) is 5.41 Å². The Kier molecular flexibility index (Phi) is 6.05. The van der Waals surface area contributed by atoms with Gasteiger partial charge in [-0.2, -0.15) is 0 Å². The first kappa shape index (κ1) is 19.7. The molecule has 1 aromatic carbocycles. The highest BCUT2D eigenvalue weighted by Gasteiger charge is 2.40. The Morgan fingerprint density at radius 2 is 1.96 bits per heavy atom. The van der Waals surface area contributed by atoms with Gasteiger partial charge in [0.05, 0.1) is 0 Å². The first-order valence-electron chi connectivity index (χ1n) is 9.90.